The number of carbonyl (C=O) groups is 1. The zero-order valence-corrected chi connectivity index (χ0v) is 15.6. The summed E-state index contributed by atoms with van der Waals surface area (Å²) >= 11 is 0. The fourth-order valence-electron chi connectivity index (χ4n) is 3.88. The van der Waals surface area contributed by atoms with Crippen molar-refractivity contribution in [3.63, 3.8) is 0 Å². The van der Waals surface area contributed by atoms with Crippen LogP contribution in [0.25, 0.3) is 5.57 Å². The van der Waals surface area contributed by atoms with Gasteiger partial charge in [-0.05, 0) is 58.9 Å². The van der Waals surface area contributed by atoms with E-state index in [0.717, 1.165) is 29.7 Å². The first-order valence-corrected chi connectivity index (χ1v) is 9.40. The predicted octanol–water partition coefficient (Wildman–Crippen LogP) is 4.11. The van der Waals surface area contributed by atoms with E-state index in [4.69, 9.17) is 4.74 Å². The molecule has 2 aromatic carbocycles. The summed E-state index contributed by atoms with van der Waals surface area (Å²) in [5.74, 6) is -0.384. The van der Waals surface area contributed by atoms with Gasteiger partial charge in [-0.1, -0.05) is 18.2 Å². The Kier molecular flexibility index (Phi) is 5.19. The average Bonchev–Trinajstić information content (AvgIpc) is 2.67. The third-order valence-corrected chi connectivity index (χ3v) is 5.32. The molecule has 4 rings (SSSR count). The van der Waals surface area contributed by atoms with Crippen molar-refractivity contribution < 1.29 is 27.8 Å². The molecule has 0 bridgehead atoms. The molecule has 1 atom stereocenters. The maximum absolute atomic E-state index is 12.9. The van der Waals surface area contributed by atoms with Crippen molar-refractivity contribution in [1.29, 1.82) is 0 Å². The fourth-order valence-corrected chi connectivity index (χ4v) is 3.88. The number of amides is 1. The van der Waals surface area contributed by atoms with E-state index >= 15 is 0 Å². The van der Waals surface area contributed by atoms with Crippen molar-refractivity contribution >= 4 is 17.2 Å². The number of benzene rings is 2. The first-order chi connectivity index (χ1) is 13.8. The number of aliphatic hydroxyl groups excluding tert-OH is 1. The Morgan fingerprint density at radius 3 is 2.79 bits per heavy atom. The van der Waals surface area contributed by atoms with Crippen LogP contribution in [0.2, 0.25) is 0 Å². The maximum atomic E-state index is 12.9. The van der Waals surface area contributed by atoms with E-state index in [0.29, 0.717) is 35.2 Å². The molecule has 0 radical (unpaired) electrons. The minimum absolute atomic E-state index is 0.0717. The number of ether oxygens (including phenoxy) is 1. The Balaban J connectivity index is 1.58. The number of anilines is 1. The molecule has 2 aliphatic rings. The fraction of sp³-hybridized carbons (Fsp3) is 0.318. The van der Waals surface area contributed by atoms with Gasteiger partial charge in [0.1, 0.15) is 0 Å². The number of hydrogen-bond acceptors (Lipinski definition) is 3. The highest BCUT2D eigenvalue weighted by molar-refractivity contribution is 6.05. The van der Waals surface area contributed by atoms with Crippen LogP contribution in [-0.4, -0.2) is 23.7 Å². The molecular weight excluding hydrogens is 383 g/mol. The highest BCUT2D eigenvalue weighted by Gasteiger charge is 2.31. The number of alkyl halides is 3. The second kappa shape index (κ2) is 7.65. The lowest BCUT2D eigenvalue weighted by Crippen LogP contribution is -2.21. The van der Waals surface area contributed by atoms with Gasteiger partial charge >= 0.3 is 6.18 Å². The molecule has 0 fully saturated rings. The van der Waals surface area contributed by atoms with Crippen LogP contribution in [-0.2, 0) is 35.2 Å². The van der Waals surface area contributed by atoms with Crippen LogP contribution in [0.4, 0.5) is 18.9 Å². The van der Waals surface area contributed by atoms with Crippen LogP contribution in [0, 0.1) is 0 Å². The molecule has 1 aliphatic heterocycles. The molecule has 0 saturated carbocycles. The smallest absolute Gasteiger partial charge is 0.393 e. The Morgan fingerprint density at radius 1 is 1.17 bits per heavy atom. The number of nitrogens with one attached hydrogen (secondary N) is 1. The molecule has 7 heteroatoms. The molecule has 0 saturated heterocycles. The third-order valence-electron chi connectivity index (χ3n) is 5.32. The van der Waals surface area contributed by atoms with Gasteiger partial charge in [-0.2, -0.15) is 13.2 Å². The van der Waals surface area contributed by atoms with Crippen molar-refractivity contribution in [2.24, 2.45) is 0 Å². The summed E-state index contributed by atoms with van der Waals surface area (Å²) in [5, 5.41) is 12.8. The molecule has 29 heavy (non-hydrogen) atoms. The van der Waals surface area contributed by atoms with Crippen molar-refractivity contribution in [3.05, 3.63) is 70.3 Å². The monoisotopic (exact) mass is 403 g/mol. The number of carbonyl (C=O) groups excluding carboxylic acids is 1. The summed E-state index contributed by atoms with van der Waals surface area (Å²) in [6, 6.07) is 9.10. The quantitative estimate of drug-likeness (QED) is 0.742. The van der Waals surface area contributed by atoms with E-state index in [1.54, 1.807) is 6.07 Å². The van der Waals surface area contributed by atoms with E-state index in [1.165, 1.54) is 12.1 Å². The van der Waals surface area contributed by atoms with Gasteiger partial charge in [-0.3, -0.25) is 4.79 Å². The van der Waals surface area contributed by atoms with Crippen molar-refractivity contribution in [2.75, 3.05) is 11.9 Å². The largest absolute Gasteiger partial charge is 0.416 e. The molecule has 0 aromatic heterocycles. The summed E-state index contributed by atoms with van der Waals surface area (Å²) in [5.41, 5.74) is 3.46. The highest BCUT2D eigenvalue weighted by atomic mass is 19.4. The molecule has 1 heterocycles. The second-order valence-corrected chi connectivity index (χ2v) is 7.36. The Labute approximate surface area is 166 Å². The van der Waals surface area contributed by atoms with Crippen LogP contribution in [0.5, 0.6) is 0 Å². The maximum Gasteiger partial charge on any atom is 0.416 e. The van der Waals surface area contributed by atoms with E-state index in [-0.39, 0.29) is 19.1 Å². The molecule has 0 spiro atoms. The minimum atomic E-state index is -4.43. The van der Waals surface area contributed by atoms with Gasteiger partial charge in [0, 0.05) is 18.2 Å². The topological polar surface area (TPSA) is 58.6 Å². The summed E-state index contributed by atoms with van der Waals surface area (Å²) in [4.78, 5) is 12.6. The minimum Gasteiger partial charge on any atom is -0.393 e. The second-order valence-electron chi connectivity index (χ2n) is 7.36. The molecule has 2 aromatic rings. The Bertz CT molecular complexity index is 982. The van der Waals surface area contributed by atoms with Crippen LogP contribution < -0.4 is 5.32 Å². The van der Waals surface area contributed by atoms with Crippen molar-refractivity contribution in [1.82, 2.24) is 0 Å². The van der Waals surface area contributed by atoms with Gasteiger partial charge in [0.15, 0.2) is 0 Å². The van der Waals surface area contributed by atoms with E-state index in [1.807, 2.05) is 12.1 Å². The van der Waals surface area contributed by atoms with Gasteiger partial charge in [-0.15, -0.1) is 0 Å². The predicted molar refractivity (Wildman–Crippen MR) is 102 cm³/mol. The standard InChI is InChI=1S/C22H20F3NO3/c23-22(24,25)16-5-7-18-14(8-16)11-29-12-15(18)9-21(28)26-20-3-1-2-13-4-6-17(27)10-19(13)20/h1-3,5,7-9,17,27H,4,6,10-12H2,(H,26,28). The molecule has 1 amide bonds. The van der Waals surface area contributed by atoms with Gasteiger partial charge < -0.3 is 15.2 Å². The van der Waals surface area contributed by atoms with Crippen LogP contribution in [0.3, 0.4) is 0 Å². The first kappa shape index (κ1) is 19.7. The number of aliphatic hydroxyl groups is 1. The van der Waals surface area contributed by atoms with Gasteiger partial charge in [0.2, 0.25) is 5.91 Å². The number of halogens is 3. The van der Waals surface area contributed by atoms with Gasteiger partial charge in [0.25, 0.3) is 0 Å². The first-order valence-electron chi connectivity index (χ1n) is 9.40. The summed E-state index contributed by atoms with van der Waals surface area (Å²) < 4.78 is 44.2. The van der Waals surface area contributed by atoms with E-state index < -0.39 is 17.8 Å². The van der Waals surface area contributed by atoms with Crippen LogP contribution in [0.15, 0.2) is 42.5 Å². The van der Waals surface area contributed by atoms with Crippen molar-refractivity contribution in [3.8, 4) is 0 Å². The van der Waals surface area contributed by atoms with Gasteiger partial charge in [-0.25, -0.2) is 0 Å². The molecule has 4 nitrogen and oxygen atoms in total. The summed E-state index contributed by atoms with van der Waals surface area (Å²) in [7, 11) is 0. The zero-order chi connectivity index (χ0) is 20.6. The van der Waals surface area contributed by atoms with E-state index in [9.17, 15) is 23.1 Å². The summed E-state index contributed by atoms with van der Waals surface area (Å²) in [6.45, 7) is 0.222. The average molecular weight is 403 g/mol. The molecule has 1 aliphatic carbocycles. The van der Waals surface area contributed by atoms with E-state index in [2.05, 4.69) is 5.32 Å². The SMILES string of the molecule is O=C(C=C1COCc2cc(C(F)(F)F)ccc21)Nc1cccc2c1CC(O)CC2. The zero-order valence-electron chi connectivity index (χ0n) is 15.6. The van der Waals surface area contributed by atoms with Gasteiger partial charge in [0.05, 0.1) is 24.9 Å². The summed E-state index contributed by atoms with van der Waals surface area (Å²) in [6.07, 6.45) is -1.56. The lowest BCUT2D eigenvalue weighted by molar-refractivity contribution is -0.137. The highest BCUT2D eigenvalue weighted by Crippen LogP contribution is 2.34. The molecule has 1 unspecified atom stereocenters. The molecule has 152 valence electrons. The molecular formula is C22H20F3NO3. The lowest BCUT2D eigenvalue weighted by Gasteiger charge is -2.23. The number of fused-ring (bicyclic) bond motifs is 2. The number of rotatable bonds is 2. The van der Waals surface area contributed by atoms with Crippen molar-refractivity contribution in [2.45, 2.75) is 38.1 Å². The number of hydrogen-bond donors (Lipinski definition) is 2. The van der Waals surface area contributed by atoms with Crippen LogP contribution >= 0.6 is 0 Å². The molecule has 2 N–H and O–H groups in total. The Hall–Kier alpha value is -2.64. The number of aryl methyl sites for hydroxylation is 1. The normalized spacial score (nSPS) is 20.1. The van der Waals surface area contributed by atoms with Crippen LogP contribution in [0.1, 0.15) is 34.2 Å². The lowest BCUT2D eigenvalue weighted by atomic mass is 9.88. The Morgan fingerprint density at radius 2 is 2.00 bits per heavy atom. The third kappa shape index (κ3) is 4.21.